The number of rotatable bonds is 3. The lowest BCUT2D eigenvalue weighted by Gasteiger charge is -2.10. The summed E-state index contributed by atoms with van der Waals surface area (Å²) in [5.74, 6) is 0.887. The fourth-order valence-corrected chi connectivity index (χ4v) is 3.04. The molecule has 0 aliphatic carbocycles. The predicted molar refractivity (Wildman–Crippen MR) is 102 cm³/mol. The Kier molecular flexibility index (Phi) is 3.73. The summed E-state index contributed by atoms with van der Waals surface area (Å²) < 4.78 is 2.23. The second-order valence-corrected chi connectivity index (χ2v) is 6.40. The summed E-state index contributed by atoms with van der Waals surface area (Å²) in [5, 5.41) is 0. The minimum atomic E-state index is 0.727. The van der Waals surface area contributed by atoms with Crippen LogP contribution in [0.1, 0.15) is 16.7 Å². The second kappa shape index (κ2) is 6.06. The zero-order valence-electron chi connectivity index (χ0n) is 14.4. The van der Waals surface area contributed by atoms with E-state index in [-0.39, 0.29) is 0 Å². The second-order valence-electron chi connectivity index (χ2n) is 6.40. The average molecular weight is 328 g/mol. The molecule has 124 valence electrons. The molecule has 0 bridgehead atoms. The van der Waals surface area contributed by atoms with Crippen molar-refractivity contribution in [2.45, 2.75) is 20.4 Å². The topological polar surface area (TPSA) is 56.7 Å². The Bertz CT molecular complexity index is 1030. The molecule has 0 fully saturated rings. The van der Waals surface area contributed by atoms with E-state index in [2.05, 4.69) is 47.7 Å². The zero-order valence-corrected chi connectivity index (χ0v) is 14.4. The fourth-order valence-electron chi connectivity index (χ4n) is 3.04. The third-order valence-electron chi connectivity index (χ3n) is 4.58. The van der Waals surface area contributed by atoms with E-state index >= 15 is 0 Å². The highest BCUT2D eigenvalue weighted by molar-refractivity contribution is 5.81. The fraction of sp³-hybridized carbons (Fsp3) is 0.143. The highest BCUT2D eigenvalue weighted by Gasteiger charge is 2.15. The van der Waals surface area contributed by atoms with Crippen LogP contribution in [0.3, 0.4) is 0 Å². The normalized spacial score (nSPS) is 11.1. The summed E-state index contributed by atoms with van der Waals surface area (Å²) >= 11 is 0. The molecule has 2 N–H and O–H groups in total. The van der Waals surface area contributed by atoms with E-state index in [1.807, 2.05) is 30.3 Å². The summed E-state index contributed by atoms with van der Waals surface area (Å²) in [7, 11) is 0. The van der Waals surface area contributed by atoms with Gasteiger partial charge in [0.15, 0.2) is 5.82 Å². The largest absolute Gasteiger partial charge is 0.399 e. The van der Waals surface area contributed by atoms with Crippen molar-refractivity contribution in [3.05, 3.63) is 77.5 Å². The SMILES string of the molecule is Cc1cc2nc(-c3ccccn3)n(Cc3ccc(N)cc3)c2cc1C. The molecule has 0 saturated carbocycles. The Balaban J connectivity index is 1.92. The maximum absolute atomic E-state index is 5.82. The Labute approximate surface area is 147 Å². The number of benzene rings is 2. The summed E-state index contributed by atoms with van der Waals surface area (Å²) in [6, 6.07) is 18.3. The molecule has 0 amide bonds. The van der Waals surface area contributed by atoms with Crippen molar-refractivity contribution in [1.29, 1.82) is 0 Å². The van der Waals surface area contributed by atoms with Crippen LogP contribution in [0.5, 0.6) is 0 Å². The maximum atomic E-state index is 5.82. The molecule has 0 saturated heterocycles. The van der Waals surface area contributed by atoms with E-state index in [0.717, 1.165) is 34.8 Å². The van der Waals surface area contributed by atoms with Crippen molar-refractivity contribution < 1.29 is 0 Å². The minimum Gasteiger partial charge on any atom is -0.399 e. The van der Waals surface area contributed by atoms with Gasteiger partial charge in [-0.25, -0.2) is 4.98 Å². The molecule has 2 heterocycles. The molecule has 2 aromatic heterocycles. The van der Waals surface area contributed by atoms with Crippen molar-refractivity contribution in [3.8, 4) is 11.5 Å². The first-order chi connectivity index (χ1) is 12.1. The van der Waals surface area contributed by atoms with Gasteiger partial charge in [-0.3, -0.25) is 4.98 Å². The first kappa shape index (κ1) is 15.4. The van der Waals surface area contributed by atoms with Crippen LogP contribution in [0.15, 0.2) is 60.8 Å². The minimum absolute atomic E-state index is 0.727. The van der Waals surface area contributed by atoms with Gasteiger partial charge in [-0.2, -0.15) is 0 Å². The molecule has 0 aliphatic heterocycles. The number of aromatic nitrogens is 3. The van der Waals surface area contributed by atoms with Crippen molar-refractivity contribution in [2.24, 2.45) is 0 Å². The molecule has 4 heteroatoms. The summed E-state index contributed by atoms with van der Waals surface area (Å²) in [5.41, 5.74) is 13.3. The number of nitrogens with zero attached hydrogens (tertiary/aromatic N) is 3. The number of hydrogen-bond donors (Lipinski definition) is 1. The summed E-state index contributed by atoms with van der Waals surface area (Å²) in [6.45, 7) is 4.98. The number of anilines is 1. The van der Waals surface area contributed by atoms with Gasteiger partial charge in [-0.05, 0) is 66.9 Å². The maximum Gasteiger partial charge on any atom is 0.160 e. The molecule has 0 spiro atoms. The van der Waals surface area contributed by atoms with E-state index in [1.54, 1.807) is 6.20 Å². The van der Waals surface area contributed by atoms with Crippen LogP contribution >= 0.6 is 0 Å². The number of nitrogen functional groups attached to an aromatic ring is 1. The van der Waals surface area contributed by atoms with E-state index in [0.29, 0.717) is 0 Å². The molecule has 4 aromatic rings. The molecule has 25 heavy (non-hydrogen) atoms. The quantitative estimate of drug-likeness (QED) is 0.569. The van der Waals surface area contributed by atoms with Crippen molar-refractivity contribution >= 4 is 16.7 Å². The Hall–Kier alpha value is -3.14. The molecule has 0 unspecified atom stereocenters. The number of pyridine rings is 1. The van der Waals surface area contributed by atoms with Gasteiger partial charge in [0.25, 0.3) is 0 Å². The van der Waals surface area contributed by atoms with E-state index in [9.17, 15) is 0 Å². The lowest BCUT2D eigenvalue weighted by Crippen LogP contribution is -2.03. The number of fused-ring (bicyclic) bond motifs is 1. The van der Waals surface area contributed by atoms with Gasteiger partial charge in [-0.1, -0.05) is 18.2 Å². The molecule has 0 aliphatic rings. The first-order valence-corrected chi connectivity index (χ1v) is 8.35. The number of aryl methyl sites for hydroxylation is 2. The lowest BCUT2D eigenvalue weighted by molar-refractivity contribution is 0.830. The van der Waals surface area contributed by atoms with Crippen LogP contribution in [0.4, 0.5) is 5.69 Å². The lowest BCUT2D eigenvalue weighted by atomic mass is 10.1. The highest BCUT2D eigenvalue weighted by Crippen LogP contribution is 2.27. The van der Waals surface area contributed by atoms with Gasteiger partial charge in [0, 0.05) is 18.4 Å². The van der Waals surface area contributed by atoms with Crippen LogP contribution < -0.4 is 5.73 Å². The molecule has 4 nitrogen and oxygen atoms in total. The number of hydrogen-bond acceptors (Lipinski definition) is 3. The van der Waals surface area contributed by atoms with E-state index in [4.69, 9.17) is 10.7 Å². The molecular weight excluding hydrogens is 308 g/mol. The van der Waals surface area contributed by atoms with Crippen molar-refractivity contribution in [3.63, 3.8) is 0 Å². The number of nitrogens with two attached hydrogens (primary N) is 1. The Morgan fingerprint density at radius 1 is 0.960 bits per heavy atom. The predicted octanol–water partition coefficient (Wildman–Crippen LogP) is 4.35. The molecule has 0 radical (unpaired) electrons. The molecule has 2 aromatic carbocycles. The Morgan fingerprint density at radius 2 is 1.72 bits per heavy atom. The third kappa shape index (κ3) is 2.87. The monoisotopic (exact) mass is 328 g/mol. The first-order valence-electron chi connectivity index (χ1n) is 8.35. The van der Waals surface area contributed by atoms with Gasteiger partial charge in [0.05, 0.1) is 11.0 Å². The molecular formula is C21H20N4. The van der Waals surface area contributed by atoms with Crippen LogP contribution in [-0.2, 0) is 6.54 Å². The number of imidazole rings is 1. The van der Waals surface area contributed by atoms with Crippen LogP contribution in [0, 0.1) is 13.8 Å². The third-order valence-corrected chi connectivity index (χ3v) is 4.58. The molecule has 0 atom stereocenters. The van der Waals surface area contributed by atoms with Crippen LogP contribution in [-0.4, -0.2) is 14.5 Å². The van der Waals surface area contributed by atoms with Gasteiger partial charge < -0.3 is 10.3 Å². The van der Waals surface area contributed by atoms with Crippen LogP contribution in [0.2, 0.25) is 0 Å². The van der Waals surface area contributed by atoms with Gasteiger partial charge in [-0.15, -0.1) is 0 Å². The van der Waals surface area contributed by atoms with Crippen molar-refractivity contribution in [1.82, 2.24) is 14.5 Å². The van der Waals surface area contributed by atoms with Gasteiger partial charge in [0.1, 0.15) is 5.69 Å². The highest BCUT2D eigenvalue weighted by atomic mass is 15.1. The van der Waals surface area contributed by atoms with Crippen molar-refractivity contribution in [2.75, 3.05) is 5.73 Å². The van der Waals surface area contributed by atoms with E-state index in [1.165, 1.54) is 16.7 Å². The van der Waals surface area contributed by atoms with E-state index < -0.39 is 0 Å². The van der Waals surface area contributed by atoms with Crippen LogP contribution in [0.25, 0.3) is 22.6 Å². The average Bonchev–Trinajstić information content (AvgIpc) is 2.96. The zero-order chi connectivity index (χ0) is 17.4. The summed E-state index contributed by atoms with van der Waals surface area (Å²) in [4.78, 5) is 9.38. The van der Waals surface area contributed by atoms with Gasteiger partial charge >= 0.3 is 0 Å². The smallest absolute Gasteiger partial charge is 0.160 e. The molecule has 4 rings (SSSR count). The Morgan fingerprint density at radius 3 is 2.44 bits per heavy atom. The standard InChI is InChI=1S/C21H20N4/c1-14-11-19-20(12-15(14)2)25(13-16-6-8-17(22)9-7-16)21(24-19)18-5-3-4-10-23-18/h3-12H,13,22H2,1-2H3. The summed E-state index contributed by atoms with van der Waals surface area (Å²) in [6.07, 6.45) is 1.80. The van der Waals surface area contributed by atoms with Gasteiger partial charge in [0.2, 0.25) is 0 Å².